The lowest BCUT2D eigenvalue weighted by Crippen LogP contribution is -2.31. The molecule has 0 fully saturated rings. The average Bonchev–Trinajstić information content (AvgIpc) is 2.49. The van der Waals surface area contributed by atoms with Crippen molar-refractivity contribution in [3.05, 3.63) is 18.2 Å². The first-order valence-electron chi connectivity index (χ1n) is 4.26. The number of imidazole rings is 1. The normalized spacial score (nSPS) is 14.3. The molecule has 0 radical (unpaired) electrons. The minimum Gasteiger partial charge on any atom is -0.348 e. The second-order valence-electron chi connectivity index (χ2n) is 3.14. The minimum absolute atomic E-state index is 0.324. The highest BCUT2D eigenvalue weighted by molar-refractivity contribution is 4.86. The summed E-state index contributed by atoms with van der Waals surface area (Å²) in [6.07, 6.45) is -1.75. The monoisotopic (exact) mass is 207 g/mol. The van der Waals surface area contributed by atoms with Gasteiger partial charge in [0, 0.05) is 18.4 Å². The first-order chi connectivity index (χ1) is 6.47. The maximum Gasteiger partial charge on any atom is 0.390 e. The van der Waals surface area contributed by atoms with Gasteiger partial charge in [0.05, 0.1) is 13.0 Å². The number of halogens is 3. The molecule has 2 N–H and O–H groups in total. The topological polar surface area (TPSA) is 40.7 Å². The molecule has 6 heteroatoms. The SMILES string of the molecule is CC(CC(F)(F)F)NCc1ncc[nH]1. The molecule has 0 aliphatic heterocycles. The van der Waals surface area contributed by atoms with Gasteiger partial charge >= 0.3 is 6.18 Å². The molecule has 1 aromatic rings. The van der Waals surface area contributed by atoms with Crippen LogP contribution >= 0.6 is 0 Å². The van der Waals surface area contributed by atoms with Crippen LogP contribution in [0.4, 0.5) is 13.2 Å². The summed E-state index contributed by atoms with van der Waals surface area (Å²) in [7, 11) is 0. The highest BCUT2D eigenvalue weighted by atomic mass is 19.4. The highest BCUT2D eigenvalue weighted by Crippen LogP contribution is 2.21. The van der Waals surface area contributed by atoms with Gasteiger partial charge in [-0.3, -0.25) is 0 Å². The summed E-state index contributed by atoms with van der Waals surface area (Å²) in [4.78, 5) is 6.69. The number of alkyl halides is 3. The Kier molecular flexibility index (Phi) is 3.51. The molecule has 14 heavy (non-hydrogen) atoms. The van der Waals surface area contributed by atoms with Crippen LogP contribution in [0.25, 0.3) is 0 Å². The summed E-state index contributed by atoms with van der Waals surface area (Å²) < 4.78 is 35.7. The first-order valence-corrected chi connectivity index (χ1v) is 4.26. The van der Waals surface area contributed by atoms with E-state index in [1.807, 2.05) is 0 Å². The van der Waals surface area contributed by atoms with E-state index in [1.54, 1.807) is 12.4 Å². The van der Waals surface area contributed by atoms with E-state index in [2.05, 4.69) is 15.3 Å². The highest BCUT2D eigenvalue weighted by Gasteiger charge is 2.29. The Morgan fingerprint density at radius 1 is 1.57 bits per heavy atom. The summed E-state index contributed by atoms with van der Waals surface area (Å²) in [5, 5.41) is 2.73. The molecule has 0 aliphatic carbocycles. The van der Waals surface area contributed by atoms with Gasteiger partial charge in [-0.25, -0.2) is 4.98 Å². The number of nitrogens with one attached hydrogen (secondary N) is 2. The van der Waals surface area contributed by atoms with Crippen LogP contribution in [0.3, 0.4) is 0 Å². The number of hydrogen-bond donors (Lipinski definition) is 2. The molecular formula is C8H12F3N3. The van der Waals surface area contributed by atoms with Gasteiger partial charge in [-0.2, -0.15) is 13.2 Å². The van der Waals surface area contributed by atoms with Gasteiger partial charge < -0.3 is 10.3 Å². The van der Waals surface area contributed by atoms with Crippen LogP contribution in [0.1, 0.15) is 19.2 Å². The van der Waals surface area contributed by atoms with Crippen molar-refractivity contribution in [2.75, 3.05) is 0 Å². The van der Waals surface area contributed by atoms with Gasteiger partial charge in [0.1, 0.15) is 5.82 Å². The molecule has 0 aromatic carbocycles. The number of rotatable bonds is 4. The van der Waals surface area contributed by atoms with E-state index in [9.17, 15) is 13.2 Å². The van der Waals surface area contributed by atoms with E-state index in [-0.39, 0.29) is 0 Å². The van der Waals surface area contributed by atoms with Crippen LogP contribution < -0.4 is 5.32 Å². The third-order valence-corrected chi connectivity index (χ3v) is 1.71. The van der Waals surface area contributed by atoms with Crippen LogP contribution in [0, 0.1) is 0 Å². The summed E-state index contributed by atoms with van der Waals surface area (Å²) in [6.45, 7) is 1.82. The van der Waals surface area contributed by atoms with E-state index in [4.69, 9.17) is 0 Å². The smallest absolute Gasteiger partial charge is 0.348 e. The summed E-state index contributed by atoms with van der Waals surface area (Å²) in [5.41, 5.74) is 0. The number of H-pyrrole nitrogens is 1. The number of aromatic amines is 1. The molecule has 1 rings (SSSR count). The molecule has 0 saturated heterocycles. The number of aromatic nitrogens is 2. The van der Waals surface area contributed by atoms with Crippen LogP contribution in [0.15, 0.2) is 12.4 Å². The Balaban J connectivity index is 2.25. The fourth-order valence-electron chi connectivity index (χ4n) is 1.08. The zero-order valence-corrected chi connectivity index (χ0v) is 7.73. The maximum atomic E-state index is 11.9. The molecule has 0 aliphatic rings. The molecule has 0 spiro atoms. The van der Waals surface area contributed by atoms with Crippen molar-refractivity contribution in [3.63, 3.8) is 0 Å². The Labute approximate surface area is 79.7 Å². The molecular weight excluding hydrogens is 195 g/mol. The van der Waals surface area contributed by atoms with Gasteiger partial charge in [0.25, 0.3) is 0 Å². The number of hydrogen-bond acceptors (Lipinski definition) is 2. The van der Waals surface area contributed by atoms with Crippen LogP contribution in [-0.2, 0) is 6.54 Å². The molecule has 0 amide bonds. The predicted molar refractivity (Wildman–Crippen MR) is 45.6 cm³/mol. The Hall–Kier alpha value is -1.04. The summed E-state index contributed by atoms with van der Waals surface area (Å²) in [5.74, 6) is 0.638. The van der Waals surface area contributed by atoms with Gasteiger partial charge in [0.15, 0.2) is 0 Å². The molecule has 0 bridgehead atoms. The van der Waals surface area contributed by atoms with Crippen molar-refractivity contribution in [2.24, 2.45) is 0 Å². The molecule has 1 heterocycles. The van der Waals surface area contributed by atoms with Crippen molar-refractivity contribution >= 4 is 0 Å². The molecule has 3 nitrogen and oxygen atoms in total. The van der Waals surface area contributed by atoms with Gasteiger partial charge in [-0.1, -0.05) is 0 Å². The first kappa shape index (κ1) is 11.0. The fraction of sp³-hybridized carbons (Fsp3) is 0.625. The summed E-state index contributed by atoms with van der Waals surface area (Å²) >= 11 is 0. The third kappa shape index (κ3) is 4.27. The largest absolute Gasteiger partial charge is 0.390 e. The quantitative estimate of drug-likeness (QED) is 0.790. The van der Waals surface area contributed by atoms with E-state index in [1.165, 1.54) is 6.92 Å². The summed E-state index contributed by atoms with van der Waals surface area (Å²) in [6, 6.07) is -0.597. The van der Waals surface area contributed by atoms with Crippen molar-refractivity contribution in [1.82, 2.24) is 15.3 Å². The van der Waals surface area contributed by atoms with E-state index in [0.717, 1.165) is 0 Å². The lowest BCUT2D eigenvalue weighted by molar-refractivity contribution is -0.139. The second-order valence-corrected chi connectivity index (χ2v) is 3.14. The zero-order chi connectivity index (χ0) is 10.6. The van der Waals surface area contributed by atoms with Crippen LogP contribution in [0.2, 0.25) is 0 Å². The third-order valence-electron chi connectivity index (χ3n) is 1.71. The average molecular weight is 207 g/mol. The van der Waals surface area contributed by atoms with Gasteiger partial charge in [-0.05, 0) is 6.92 Å². The molecule has 1 unspecified atom stereocenters. The Bertz CT molecular complexity index is 255. The molecule has 0 saturated carbocycles. The van der Waals surface area contributed by atoms with Crippen LogP contribution in [-0.4, -0.2) is 22.2 Å². The van der Waals surface area contributed by atoms with Gasteiger partial charge in [0.2, 0.25) is 0 Å². The molecule has 1 atom stereocenters. The Morgan fingerprint density at radius 2 is 2.29 bits per heavy atom. The lowest BCUT2D eigenvalue weighted by Gasteiger charge is -2.14. The fourth-order valence-corrected chi connectivity index (χ4v) is 1.08. The zero-order valence-electron chi connectivity index (χ0n) is 7.73. The van der Waals surface area contributed by atoms with Crippen molar-refractivity contribution in [3.8, 4) is 0 Å². The van der Waals surface area contributed by atoms with E-state index in [0.29, 0.717) is 12.4 Å². The minimum atomic E-state index is -4.12. The van der Waals surface area contributed by atoms with Gasteiger partial charge in [-0.15, -0.1) is 0 Å². The number of nitrogens with zero attached hydrogens (tertiary/aromatic N) is 1. The molecule has 1 aromatic heterocycles. The Morgan fingerprint density at radius 3 is 2.79 bits per heavy atom. The van der Waals surface area contributed by atoms with Crippen molar-refractivity contribution in [1.29, 1.82) is 0 Å². The molecule has 80 valence electrons. The van der Waals surface area contributed by atoms with E-state index >= 15 is 0 Å². The van der Waals surface area contributed by atoms with Crippen molar-refractivity contribution in [2.45, 2.75) is 32.1 Å². The predicted octanol–water partition coefficient (Wildman–Crippen LogP) is 1.84. The van der Waals surface area contributed by atoms with Crippen molar-refractivity contribution < 1.29 is 13.2 Å². The standard InChI is InChI=1S/C8H12F3N3/c1-6(4-8(9,10)11)14-5-7-12-2-3-13-7/h2-3,6,14H,4-5H2,1H3,(H,12,13). The van der Waals surface area contributed by atoms with Crippen LogP contribution in [0.5, 0.6) is 0 Å². The maximum absolute atomic E-state index is 11.9. The second kappa shape index (κ2) is 4.45. The lowest BCUT2D eigenvalue weighted by atomic mass is 10.2. The van der Waals surface area contributed by atoms with E-state index < -0.39 is 18.6 Å².